The normalized spacial score (nSPS) is 36.5. The van der Waals surface area contributed by atoms with Crippen LogP contribution in [0.4, 0.5) is 5.69 Å². The van der Waals surface area contributed by atoms with Gasteiger partial charge in [-0.05, 0) is 38.0 Å². The highest BCUT2D eigenvalue weighted by Gasteiger charge is 2.59. The zero-order chi connectivity index (χ0) is 27.8. The predicted octanol–water partition coefficient (Wildman–Crippen LogP) is 3.12. The molecule has 2 saturated heterocycles. The minimum Gasteiger partial charge on any atom is -0.495 e. The van der Waals surface area contributed by atoms with Crippen molar-refractivity contribution in [2.45, 2.75) is 81.6 Å². The molecule has 0 spiro atoms. The molecule has 4 rings (SSSR count). The van der Waals surface area contributed by atoms with Crippen LogP contribution in [0.1, 0.15) is 45.1 Å². The maximum absolute atomic E-state index is 13.2. The van der Waals surface area contributed by atoms with Crippen molar-refractivity contribution in [3.05, 3.63) is 46.5 Å². The molecule has 0 saturated carbocycles. The van der Waals surface area contributed by atoms with Gasteiger partial charge in [0.05, 0.1) is 37.8 Å². The summed E-state index contributed by atoms with van der Waals surface area (Å²) in [6.07, 6.45) is 3.07. The van der Waals surface area contributed by atoms with Crippen LogP contribution in [0.2, 0.25) is 5.02 Å². The van der Waals surface area contributed by atoms with Crippen LogP contribution in [-0.4, -0.2) is 79.0 Å². The summed E-state index contributed by atoms with van der Waals surface area (Å²) in [5, 5.41) is 22.7. The van der Waals surface area contributed by atoms with Crippen LogP contribution in [-0.2, 0) is 30.2 Å². The van der Waals surface area contributed by atoms with Crippen molar-refractivity contribution in [3.8, 4) is 5.75 Å². The standard InChI is InChI=1S/C28H36ClNO8/c1-16-7-6-8-22(36-5)28(34)14-18(37-25(33)15-28)12-23-27(2,38-23)21(31)13-24(32)30(3)19-10-17(9-16)11-20(35-4)26(19)29/h6-8,10-11,18,21-23,31,34H,9,12-15H2,1-5H3/b8-6+,16-7+/t18-,21?,22?,23?,27?,28-/m1/s1. The number of benzene rings is 1. The number of halogens is 1. The van der Waals surface area contributed by atoms with E-state index in [-0.39, 0.29) is 31.6 Å². The highest BCUT2D eigenvalue weighted by atomic mass is 35.5. The van der Waals surface area contributed by atoms with Gasteiger partial charge in [-0.15, -0.1) is 0 Å². The average molecular weight is 550 g/mol. The second-order valence-electron chi connectivity index (χ2n) is 10.7. The summed E-state index contributed by atoms with van der Waals surface area (Å²) >= 11 is 6.57. The van der Waals surface area contributed by atoms with E-state index in [1.807, 2.05) is 25.1 Å². The molecule has 6 atom stereocenters. The van der Waals surface area contributed by atoms with Crippen LogP contribution in [0.25, 0.3) is 0 Å². The second-order valence-corrected chi connectivity index (χ2v) is 11.0. The van der Waals surface area contributed by atoms with Gasteiger partial charge in [0, 0.05) is 27.0 Å². The Balaban J connectivity index is 1.72. The number of allylic oxidation sites excluding steroid dienone is 3. The van der Waals surface area contributed by atoms with Gasteiger partial charge in [-0.1, -0.05) is 35.4 Å². The Morgan fingerprint density at radius 2 is 1.97 bits per heavy atom. The van der Waals surface area contributed by atoms with Crippen LogP contribution in [0.5, 0.6) is 5.75 Å². The minimum atomic E-state index is -1.46. The summed E-state index contributed by atoms with van der Waals surface area (Å²) in [5.41, 5.74) is -0.116. The molecule has 4 bridgehead atoms. The lowest BCUT2D eigenvalue weighted by molar-refractivity contribution is -0.182. The first-order chi connectivity index (χ1) is 17.9. The number of fused-ring (bicyclic) bond motifs is 5. The van der Waals surface area contributed by atoms with Gasteiger partial charge >= 0.3 is 5.97 Å². The fourth-order valence-corrected chi connectivity index (χ4v) is 5.68. The number of nitrogens with zero attached hydrogens (tertiary/aromatic N) is 1. The summed E-state index contributed by atoms with van der Waals surface area (Å²) in [4.78, 5) is 27.0. The summed E-state index contributed by atoms with van der Waals surface area (Å²) < 4.78 is 22.4. The number of hydrogen-bond acceptors (Lipinski definition) is 8. The number of hydrogen-bond donors (Lipinski definition) is 2. The SMILES string of the molecule is COc1cc2cc(c1Cl)N(C)C(=O)CC(O)C1(C)OC1C[C@@H]1C[C@@](O)(CC(=O)O1)C(OC)/C=C/C=C(\C)C2. The molecule has 3 aliphatic heterocycles. The van der Waals surface area contributed by atoms with Crippen LogP contribution < -0.4 is 9.64 Å². The van der Waals surface area contributed by atoms with E-state index >= 15 is 0 Å². The molecular weight excluding hydrogens is 514 g/mol. The maximum Gasteiger partial charge on any atom is 0.309 e. The maximum atomic E-state index is 13.2. The first-order valence-corrected chi connectivity index (χ1v) is 13.1. The Morgan fingerprint density at radius 3 is 2.66 bits per heavy atom. The number of ether oxygens (including phenoxy) is 4. The Hall–Kier alpha value is -2.43. The molecule has 3 aliphatic rings. The van der Waals surface area contributed by atoms with E-state index in [0.29, 0.717) is 22.9 Å². The van der Waals surface area contributed by atoms with Gasteiger partial charge in [-0.3, -0.25) is 9.59 Å². The number of carbonyl (C=O) groups excluding carboxylic acids is 2. The Morgan fingerprint density at radius 1 is 1.24 bits per heavy atom. The van der Waals surface area contributed by atoms with Crippen molar-refractivity contribution in [1.29, 1.82) is 0 Å². The van der Waals surface area contributed by atoms with E-state index in [4.69, 9.17) is 30.5 Å². The molecule has 2 fully saturated rings. The number of aliphatic hydroxyl groups excluding tert-OH is 1. The van der Waals surface area contributed by atoms with Crippen molar-refractivity contribution in [2.24, 2.45) is 0 Å². The molecule has 9 nitrogen and oxygen atoms in total. The van der Waals surface area contributed by atoms with Crippen molar-refractivity contribution in [2.75, 3.05) is 26.2 Å². The van der Waals surface area contributed by atoms with E-state index in [0.717, 1.165) is 11.1 Å². The number of esters is 1. The van der Waals surface area contributed by atoms with Gasteiger partial charge in [0.2, 0.25) is 5.91 Å². The van der Waals surface area contributed by atoms with Gasteiger partial charge in [0.1, 0.15) is 34.2 Å². The Bertz CT molecular complexity index is 1150. The van der Waals surface area contributed by atoms with E-state index in [1.165, 1.54) is 19.1 Å². The quantitative estimate of drug-likeness (QED) is 0.427. The molecule has 0 aliphatic carbocycles. The summed E-state index contributed by atoms with van der Waals surface area (Å²) in [6.45, 7) is 3.68. The third-order valence-corrected chi connectivity index (χ3v) is 8.16. The first-order valence-electron chi connectivity index (χ1n) is 12.7. The number of methoxy groups -OCH3 is 2. The molecule has 2 N–H and O–H groups in total. The monoisotopic (exact) mass is 549 g/mol. The number of epoxide rings is 1. The van der Waals surface area contributed by atoms with E-state index in [9.17, 15) is 19.8 Å². The zero-order valence-corrected chi connectivity index (χ0v) is 23.2. The van der Waals surface area contributed by atoms with Crippen molar-refractivity contribution < 1.29 is 38.7 Å². The Labute approximate surface area is 227 Å². The van der Waals surface area contributed by atoms with Crippen LogP contribution in [0, 0.1) is 0 Å². The predicted molar refractivity (Wildman–Crippen MR) is 141 cm³/mol. The van der Waals surface area contributed by atoms with Crippen LogP contribution >= 0.6 is 11.6 Å². The lowest BCUT2D eigenvalue weighted by atomic mass is 9.82. The van der Waals surface area contributed by atoms with Crippen LogP contribution in [0.15, 0.2) is 35.9 Å². The van der Waals surface area contributed by atoms with E-state index in [2.05, 4.69) is 0 Å². The van der Waals surface area contributed by atoms with Gasteiger partial charge in [0.15, 0.2) is 0 Å². The number of rotatable bonds is 2. The van der Waals surface area contributed by atoms with Gasteiger partial charge in [-0.2, -0.15) is 0 Å². The Kier molecular flexibility index (Phi) is 8.26. The molecule has 1 amide bonds. The molecular formula is C28H36ClNO8. The highest BCUT2D eigenvalue weighted by molar-refractivity contribution is 6.35. The molecule has 4 unspecified atom stereocenters. The van der Waals surface area contributed by atoms with Crippen molar-refractivity contribution in [1.82, 2.24) is 0 Å². The molecule has 3 heterocycles. The van der Waals surface area contributed by atoms with E-state index < -0.39 is 41.6 Å². The number of amides is 1. The van der Waals surface area contributed by atoms with Crippen molar-refractivity contribution in [3.63, 3.8) is 0 Å². The molecule has 38 heavy (non-hydrogen) atoms. The fraction of sp³-hybridized carbons (Fsp3) is 0.571. The van der Waals surface area contributed by atoms with Gasteiger partial charge < -0.3 is 34.1 Å². The third-order valence-electron chi connectivity index (χ3n) is 7.78. The van der Waals surface area contributed by atoms with Gasteiger partial charge in [-0.25, -0.2) is 0 Å². The smallest absolute Gasteiger partial charge is 0.309 e. The molecule has 1 aromatic rings. The summed E-state index contributed by atoms with van der Waals surface area (Å²) in [5.74, 6) is -0.435. The molecule has 10 heteroatoms. The molecule has 208 valence electrons. The third kappa shape index (κ3) is 5.77. The number of carbonyl (C=O) groups is 2. The van der Waals surface area contributed by atoms with Gasteiger partial charge in [0.25, 0.3) is 0 Å². The topological polar surface area (TPSA) is 118 Å². The fourth-order valence-electron chi connectivity index (χ4n) is 5.37. The summed E-state index contributed by atoms with van der Waals surface area (Å²) in [6, 6.07) is 3.65. The zero-order valence-electron chi connectivity index (χ0n) is 22.4. The lowest BCUT2D eigenvalue weighted by Crippen LogP contribution is -2.51. The highest BCUT2D eigenvalue weighted by Crippen LogP contribution is 2.46. The largest absolute Gasteiger partial charge is 0.495 e. The minimum absolute atomic E-state index is 0.155. The number of aliphatic hydroxyl groups is 2. The summed E-state index contributed by atoms with van der Waals surface area (Å²) in [7, 11) is 4.60. The van der Waals surface area contributed by atoms with Crippen LogP contribution in [0.3, 0.4) is 0 Å². The van der Waals surface area contributed by atoms with E-state index in [1.54, 1.807) is 26.1 Å². The average Bonchev–Trinajstić information content (AvgIpc) is 3.51. The van der Waals surface area contributed by atoms with Crippen molar-refractivity contribution >= 4 is 29.2 Å². The molecule has 0 radical (unpaired) electrons. The molecule has 1 aromatic carbocycles. The molecule has 0 aromatic heterocycles. The second kappa shape index (κ2) is 11.0. The lowest BCUT2D eigenvalue weighted by Gasteiger charge is -2.39. The first kappa shape index (κ1) is 28.6. The number of anilines is 1.